The highest BCUT2D eigenvalue weighted by molar-refractivity contribution is 5.77. The molecule has 0 spiro atoms. The maximum atomic E-state index is 13.6. The molecule has 6 nitrogen and oxygen atoms in total. The number of nitrogens with zero attached hydrogens (tertiary/aromatic N) is 3. The van der Waals surface area contributed by atoms with Crippen molar-refractivity contribution in [3.63, 3.8) is 0 Å². The van der Waals surface area contributed by atoms with Crippen LogP contribution in [0.1, 0.15) is 12.1 Å². The minimum atomic E-state index is -0.837. The van der Waals surface area contributed by atoms with Gasteiger partial charge in [-0.2, -0.15) is 10.1 Å². The highest BCUT2D eigenvalue weighted by Gasteiger charge is 2.23. The molecular formula is C17H14F2N4O2. The number of ether oxygens (including phenoxy) is 1. The summed E-state index contributed by atoms with van der Waals surface area (Å²) < 4.78 is 31.8. The van der Waals surface area contributed by atoms with Gasteiger partial charge in [0.25, 0.3) is 0 Å². The normalized spacial score (nSPS) is 19.6. The first-order valence-electron chi connectivity index (χ1n) is 7.78. The Bertz CT molecular complexity index is 957. The molecule has 0 saturated heterocycles. The number of benzene rings is 1. The quantitative estimate of drug-likeness (QED) is 0.711. The fraction of sp³-hybridized carbons (Fsp3) is 0.235. The maximum Gasteiger partial charge on any atom is 0.324 e. The monoisotopic (exact) mass is 344 g/mol. The van der Waals surface area contributed by atoms with E-state index in [0.29, 0.717) is 23.9 Å². The molecule has 128 valence electrons. The van der Waals surface area contributed by atoms with Gasteiger partial charge in [0.15, 0.2) is 17.2 Å². The standard InChI is InChI=1S/C17H14F2N4O2/c18-10-4-5-15(12(19)7-10)25-17-20-8-11-13(22-23-16(11)21-17)6-9-2-1-3-14(9)24/h1-2,4-5,7-9,14,24H,3,6H2,(H,20,21,22,23). The topological polar surface area (TPSA) is 83.9 Å². The molecule has 25 heavy (non-hydrogen) atoms. The van der Waals surface area contributed by atoms with Gasteiger partial charge in [-0.25, -0.2) is 13.8 Å². The van der Waals surface area contributed by atoms with E-state index in [-0.39, 0.29) is 17.7 Å². The van der Waals surface area contributed by atoms with Crippen LogP contribution >= 0.6 is 0 Å². The molecule has 8 heteroatoms. The number of hydrogen-bond acceptors (Lipinski definition) is 5. The number of aromatic nitrogens is 4. The van der Waals surface area contributed by atoms with E-state index in [1.54, 1.807) is 0 Å². The Kier molecular flexibility index (Phi) is 3.89. The van der Waals surface area contributed by atoms with Crippen LogP contribution in [-0.2, 0) is 6.42 Å². The van der Waals surface area contributed by atoms with E-state index in [1.807, 2.05) is 12.2 Å². The Labute approximate surface area is 141 Å². The second-order valence-electron chi connectivity index (χ2n) is 5.86. The second-order valence-corrected chi connectivity index (χ2v) is 5.86. The Morgan fingerprint density at radius 3 is 2.96 bits per heavy atom. The van der Waals surface area contributed by atoms with Crippen molar-refractivity contribution in [2.24, 2.45) is 5.92 Å². The number of fused-ring (bicyclic) bond motifs is 1. The van der Waals surface area contributed by atoms with E-state index < -0.39 is 17.7 Å². The first-order chi connectivity index (χ1) is 12.1. The van der Waals surface area contributed by atoms with E-state index in [9.17, 15) is 13.9 Å². The van der Waals surface area contributed by atoms with E-state index in [4.69, 9.17) is 4.74 Å². The van der Waals surface area contributed by atoms with E-state index in [1.165, 1.54) is 12.3 Å². The predicted molar refractivity (Wildman–Crippen MR) is 85.1 cm³/mol. The molecular weight excluding hydrogens is 330 g/mol. The van der Waals surface area contributed by atoms with Crippen LogP contribution in [-0.4, -0.2) is 31.4 Å². The van der Waals surface area contributed by atoms with Gasteiger partial charge in [0, 0.05) is 24.6 Å². The molecule has 2 aromatic heterocycles. The molecule has 0 bridgehead atoms. The number of aliphatic hydroxyl groups is 1. The smallest absolute Gasteiger partial charge is 0.324 e. The van der Waals surface area contributed by atoms with Crippen LogP contribution in [0.15, 0.2) is 36.5 Å². The van der Waals surface area contributed by atoms with Crippen molar-refractivity contribution < 1.29 is 18.6 Å². The van der Waals surface area contributed by atoms with Crippen molar-refractivity contribution >= 4 is 11.0 Å². The summed E-state index contributed by atoms with van der Waals surface area (Å²) in [6, 6.07) is 2.91. The third-order valence-corrected chi connectivity index (χ3v) is 4.15. The van der Waals surface area contributed by atoms with Gasteiger partial charge in [0.2, 0.25) is 0 Å². The molecule has 0 amide bonds. The van der Waals surface area contributed by atoms with Gasteiger partial charge >= 0.3 is 6.01 Å². The fourth-order valence-corrected chi connectivity index (χ4v) is 2.83. The summed E-state index contributed by atoms with van der Waals surface area (Å²) >= 11 is 0. The minimum absolute atomic E-state index is 0.00994. The average molecular weight is 344 g/mol. The van der Waals surface area contributed by atoms with Gasteiger partial charge in [-0.3, -0.25) is 5.10 Å². The van der Waals surface area contributed by atoms with Crippen LogP contribution in [0.4, 0.5) is 8.78 Å². The highest BCUT2D eigenvalue weighted by Crippen LogP contribution is 2.27. The Morgan fingerprint density at radius 1 is 1.32 bits per heavy atom. The van der Waals surface area contributed by atoms with Gasteiger partial charge in [-0.1, -0.05) is 12.2 Å². The number of H-pyrrole nitrogens is 1. The lowest BCUT2D eigenvalue weighted by atomic mass is 9.99. The summed E-state index contributed by atoms with van der Waals surface area (Å²) in [5.41, 5.74) is 1.18. The van der Waals surface area contributed by atoms with Crippen molar-refractivity contribution in [2.45, 2.75) is 18.9 Å². The number of nitrogens with one attached hydrogen (secondary N) is 1. The molecule has 1 aromatic carbocycles. The van der Waals surface area contributed by atoms with Gasteiger partial charge in [0.05, 0.1) is 17.2 Å². The fourth-order valence-electron chi connectivity index (χ4n) is 2.83. The molecule has 0 saturated carbocycles. The molecule has 0 radical (unpaired) electrons. The zero-order valence-electron chi connectivity index (χ0n) is 13.0. The lowest BCUT2D eigenvalue weighted by Crippen LogP contribution is -2.16. The minimum Gasteiger partial charge on any atom is -0.421 e. The van der Waals surface area contributed by atoms with Crippen LogP contribution in [0.25, 0.3) is 11.0 Å². The first kappa shape index (κ1) is 15.6. The van der Waals surface area contributed by atoms with Crippen molar-refractivity contribution in [3.05, 3.63) is 53.9 Å². The lowest BCUT2D eigenvalue weighted by molar-refractivity contribution is 0.143. The largest absolute Gasteiger partial charge is 0.421 e. The van der Waals surface area contributed by atoms with Gasteiger partial charge in [-0.05, 0) is 18.6 Å². The van der Waals surface area contributed by atoms with Crippen LogP contribution in [0.2, 0.25) is 0 Å². The Hall–Kier alpha value is -2.87. The Balaban J connectivity index is 1.58. The van der Waals surface area contributed by atoms with Crippen molar-refractivity contribution in [3.8, 4) is 11.8 Å². The number of rotatable bonds is 4. The third-order valence-electron chi connectivity index (χ3n) is 4.15. The number of aromatic amines is 1. The zero-order valence-corrected chi connectivity index (χ0v) is 13.0. The van der Waals surface area contributed by atoms with Crippen LogP contribution in [0.5, 0.6) is 11.8 Å². The third kappa shape index (κ3) is 3.08. The Morgan fingerprint density at radius 2 is 2.20 bits per heavy atom. The molecule has 2 N–H and O–H groups in total. The molecule has 1 aliphatic carbocycles. The molecule has 3 aromatic rings. The molecule has 0 aliphatic heterocycles. The van der Waals surface area contributed by atoms with Crippen LogP contribution in [0, 0.1) is 17.6 Å². The van der Waals surface area contributed by atoms with E-state index in [0.717, 1.165) is 17.8 Å². The van der Waals surface area contributed by atoms with Crippen LogP contribution in [0.3, 0.4) is 0 Å². The second kappa shape index (κ2) is 6.21. The molecule has 2 heterocycles. The number of aliphatic hydroxyl groups excluding tert-OH is 1. The number of halogens is 2. The SMILES string of the molecule is OC1CC=CC1Cc1n[nH]c2nc(Oc3ccc(F)cc3F)ncc12. The summed E-state index contributed by atoms with van der Waals surface area (Å²) in [5, 5.41) is 17.6. The van der Waals surface area contributed by atoms with Gasteiger partial charge in [0.1, 0.15) is 5.82 Å². The first-order valence-corrected chi connectivity index (χ1v) is 7.78. The van der Waals surface area contributed by atoms with E-state index in [2.05, 4.69) is 20.2 Å². The number of hydrogen-bond donors (Lipinski definition) is 2. The molecule has 2 unspecified atom stereocenters. The zero-order chi connectivity index (χ0) is 17.4. The maximum absolute atomic E-state index is 13.6. The lowest BCUT2D eigenvalue weighted by Gasteiger charge is -2.11. The molecule has 0 fully saturated rings. The predicted octanol–water partition coefficient (Wildman–Crippen LogP) is 2.90. The summed E-state index contributed by atoms with van der Waals surface area (Å²) in [6.07, 6.45) is 6.25. The highest BCUT2D eigenvalue weighted by atomic mass is 19.1. The van der Waals surface area contributed by atoms with Crippen molar-refractivity contribution in [1.82, 2.24) is 20.2 Å². The summed E-state index contributed by atoms with van der Waals surface area (Å²) in [4.78, 5) is 8.21. The van der Waals surface area contributed by atoms with Crippen molar-refractivity contribution in [2.75, 3.05) is 0 Å². The van der Waals surface area contributed by atoms with Crippen molar-refractivity contribution in [1.29, 1.82) is 0 Å². The summed E-state index contributed by atoms with van der Waals surface area (Å²) in [5.74, 6) is -1.69. The molecule has 4 rings (SSSR count). The summed E-state index contributed by atoms with van der Waals surface area (Å²) in [6.45, 7) is 0. The average Bonchev–Trinajstić information content (AvgIpc) is 3.17. The molecule has 1 aliphatic rings. The summed E-state index contributed by atoms with van der Waals surface area (Å²) in [7, 11) is 0. The van der Waals surface area contributed by atoms with Gasteiger partial charge < -0.3 is 9.84 Å². The van der Waals surface area contributed by atoms with Crippen LogP contribution < -0.4 is 4.74 Å². The van der Waals surface area contributed by atoms with Gasteiger partial charge in [-0.15, -0.1) is 0 Å². The van der Waals surface area contributed by atoms with E-state index >= 15 is 0 Å². The molecule has 2 atom stereocenters.